The van der Waals surface area contributed by atoms with Crippen molar-refractivity contribution in [3.05, 3.63) is 64.0 Å². The fourth-order valence-corrected chi connectivity index (χ4v) is 2.23. The van der Waals surface area contributed by atoms with E-state index < -0.39 is 10.9 Å². The lowest BCUT2D eigenvalue weighted by Gasteiger charge is -2.03. The first-order chi connectivity index (χ1) is 13.0. The minimum Gasteiger partial charge on any atom is -0.497 e. The summed E-state index contributed by atoms with van der Waals surface area (Å²) in [4.78, 5) is 26.4. The molecule has 0 aliphatic carbocycles. The van der Waals surface area contributed by atoms with Gasteiger partial charge in [0.15, 0.2) is 6.61 Å². The van der Waals surface area contributed by atoms with Crippen molar-refractivity contribution in [3.8, 4) is 17.1 Å². The summed E-state index contributed by atoms with van der Waals surface area (Å²) in [6.07, 6.45) is 0. The van der Waals surface area contributed by atoms with E-state index >= 15 is 0 Å². The number of benzene rings is 2. The highest BCUT2D eigenvalue weighted by Crippen LogP contribution is 2.23. The van der Waals surface area contributed by atoms with Crippen LogP contribution >= 0.6 is 0 Å². The van der Waals surface area contributed by atoms with Crippen molar-refractivity contribution in [2.24, 2.45) is 0 Å². The smallest absolute Gasteiger partial charge is 0.338 e. The van der Waals surface area contributed by atoms with Crippen LogP contribution in [0.15, 0.2) is 47.0 Å². The Morgan fingerprint density at radius 1 is 1.30 bits per heavy atom. The maximum atomic E-state index is 12.1. The number of anilines is 1. The summed E-state index contributed by atoms with van der Waals surface area (Å²) >= 11 is 0. The van der Waals surface area contributed by atoms with Crippen LogP contribution in [0.5, 0.6) is 5.75 Å². The lowest BCUT2D eigenvalue weighted by atomic mass is 10.2. The molecule has 1 aromatic heterocycles. The number of carbonyl (C=O) groups excluding carboxylic acids is 1. The van der Waals surface area contributed by atoms with E-state index in [2.05, 4.69) is 10.1 Å². The van der Waals surface area contributed by atoms with Gasteiger partial charge >= 0.3 is 5.97 Å². The van der Waals surface area contributed by atoms with Crippen LogP contribution in [-0.2, 0) is 11.3 Å². The molecule has 3 rings (SSSR count). The zero-order valence-electron chi connectivity index (χ0n) is 14.1. The molecule has 0 saturated heterocycles. The Labute approximate surface area is 152 Å². The van der Waals surface area contributed by atoms with Crippen LogP contribution < -0.4 is 10.5 Å². The van der Waals surface area contributed by atoms with Crippen molar-refractivity contribution >= 4 is 17.3 Å². The number of methoxy groups -OCH3 is 1. The standard InChI is InChI=1S/C17H14N4O6/c1-25-12-4-2-3-10(7-12)16-19-15(27-20-16)9-26-17(22)11-5-6-13(18)14(8-11)21(23)24/h2-8H,9,18H2,1H3. The molecule has 0 unspecified atom stereocenters. The van der Waals surface area contributed by atoms with Gasteiger partial charge in [-0.05, 0) is 24.3 Å². The summed E-state index contributed by atoms with van der Waals surface area (Å²) in [5, 5.41) is 14.7. The average Bonchev–Trinajstić information content (AvgIpc) is 3.15. The van der Waals surface area contributed by atoms with Crippen LogP contribution in [0.2, 0.25) is 0 Å². The summed E-state index contributed by atoms with van der Waals surface area (Å²) in [6, 6.07) is 10.7. The molecule has 0 aliphatic heterocycles. The van der Waals surface area contributed by atoms with Crippen molar-refractivity contribution in [2.75, 3.05) is 12.8 Å². The monoisotopic (exact) mass is 370 g/mol. The van der Waals surface area contributed by atoms with Crippen LogP contribution in [-0.4, -0.2) is 28.1 Å². The van der Waals surface area contributed by atoms with Crippen LogP contribution in [0.25, 0.3) is 11.4 Å². The van der Waals surface area contributed by atoms with Crippen molar-refractivity contribution < 1.29 is 23.7 Å². The van der Waals surface area contributed by atoms with Gasteiger partial charge in [0.2, 0.25) is 5.82 Å². The first-order valence-corrected chi connectivity index (χ1v) is 7.66. The topological polar surface area (TPSA) is 144 Å². The maximum Gasteiger partial charge on any atom is 0.338 e. The Hall–Kier alpha value is -3.95. The number of nitrogens with two attached hydrogens (primary N) is 1. The number of carbonyl (C=O) groups is 1. The molecule has 2 N–H and O–H groups in total. The number of ether oxygens (including phenoxy) is 2. The first kappa shape index (κ1) is 17.9. The average molecular weight is 370 g/mol. The van der Waals surface area contributed by atoms with Gasteiger partial charge in [0.05, 0.1) is 17.6 Å². The second-order valence-corrected chi connectivity index (χ2v) is 5.35. The fraction of sp³-hybridized carbons (Fsp3) is 0.118. The third kappa shape index (κ3) is 4.00. The number of nitrogens with zero attached hydrogens (tertiary/aromatic N) is 3. The second kappa shape index (κ2) is 7.52. The zero-order chi connectivity index (χ0) is 19.4. The van der Waals surface area contributed by atoms with Gasteiger partial charge in [-0.1, -0.05) is 17.3 Å². The number of nitrogen functional groups attached to an aromatic ring is 1. The summed E-state index contributed by atoms with van der Waals surface area (Å²) in [6.45, 7) is -0.284. The molecule has 0 spiro atoms. The van der Waals surface area contributed by atoms with Gasteiger partial charge in [-0.15, -0.1) is 0 Å². The van der Waals surface area contributed by atoms with Gasteiger partial charge in [-0.25, -0.2) is 4.79 Å². The normalized spacial score (nSPS) is 10.4. The molecule has 10 heteroatoms. The van der Waals surface area contributed by atoms with E-state index in [1.807, 2.05) is 0 Å². The summed E-state index contributed by atoms with van der Waals surface area (Å²) < 4.78 is 15.2. The lowest BCUT2D eigenvalue weighted by molar-refractivity contribution is -0.383. The molecule has 10 nitrogen and oxygen atoms in total. The molecule has 0 atom stereocenters. The molecule has 0 bridgehead atoms. The Morgan fingerprint density at radius 3 is 2.85 bits per heavy atom. The Bertz CT molecular complexity index is 1000. The summed E-state index contributed by atoms with van der Waals surface area (Å²) in [5.41, 5.74) is 5.74. The molecule has 2 aromatic carbocycles. The predicted molar refractivity (Wildman–Crippen MR) is 92.9 cm³/mol. The van der Waals surface area contributed by atoms with Crippen molar-refractivity contribution in [1.29, 1.82) is 0 Å². The zero-order valence-corrected chi connectivity index (χ0v) is 14.1. The molecule has 0 amide bonds. The Kier molecular flexibility index (Phi) is 4.97. The number of hydrogen-bond donors (Lipinski definition) is 1. The molecule has 0 radical (unpaired) electrons. The largest absolute Gasteiger partial charge is 0.497 e. The molecular formula is C17H14N4O6. The maximum absolute atomic E-state index is 12.1. The Balaban J connectivity index is 1.69. The molecule has 0 aliphatic rings. The van der Waals surface area contributed by atoms with E-state index in [1.54, 1.807) is 31.4 Å². The van der Waals surface area contributed by atoms with Crippen LogP contribution in [0, 0.1) is 10.1 Å². The minimum atomic E-state index is -0.778. The van der Waals surface area contributed by atoms with Gasteiger partial charge in [-0.3, -0.25) is 10.1 Å². The third-order valence-corrected chi connectivity index (χ3v) is 3.59. The van der Waals surface area contributed by atoms with Crippen molar-refractivity contribution in [2.45, 2.75) is 6.61 Å². The number of nitro groups is 1. The fourth-order valence-electron chi connectivity index (χ4n) is 2.23. The second-order valence-electron chi connectivity index (χ2n) is 5.35. The van der Waals surface area contributed by atoms with E-state index in [9.17, 15) is 14.9 Å². The van der Waals surface area contributed by atoms with Crippen LogP contribution in [0.4, 0.5) is 11.4 Å². The van der Waals surface area contributed by atoms with Gasteiger partial charge in [0.1, 0.15) is 11.4 Å². The quantitative estimate of drug-likeness (QED) is 0.299. The minimum absolute atomic E-state index is 0.0107. The van der Waals surface area contributed by atoms with Gasteiger partial charge in [-0.2, -0.15) is 4.98 Å². The molecule has 0 saturated carbocycles. The van der Waals surface area contributed by atoms with E-state index in [1.165, 1.54) is 12.1 Å². The van der Waals surface area contributed by atoms with Gasteiger partial charge in [0, 0.05) is 11.6 Å². The highest BCUT2D eigenvalue weighted by Gasteiger charge is 2.18. The number of nitro benzene ring substituents is 1. The summed E-state index contributed by atoms with van der Waals surface area (Å²) in [7, 11) is 1.54. The molecule has 138 valence electrons. The SMILES string of the molecule is COc1cccc(-c2noc(COC(=O)c3ccc(N)c([N+](=O)[O-])c3)n2)c1. The van der Waals surface area contributed by atoms with E-state index in [0.717, 1.165) is 6.07 Å². The van der Waals surface area contributed by atoms with E-state index in [0.29, 0.717) is 17.1 Å². The highest BCUT2D eigenvalue weighted by molar-refractivity contribution is 5.91. The highest BCUT2D eigenvalue weighted by atomic mass is 16.6. The third-order valence-electron chi connectivity index (χ3n) is 3.59. The van der Waals surface area contributed by atoms with E-state index in [4.69, 9.17) is 19.7 Å². The molecular weight excluding hydrogens is 356 g/mol. The molecule has 1 heterocycles. The lowest BCUT2D eigenvalue weighted by Crippen LogP contribution is -2.07. The molecule has 3 aromatic rings. The van der Waals surface area contributed by atoms with Gasteiger partial charge < -0.3 is 19.7 Å². The molecule has 27 heavy (non-hydrogen) atoms. The number of rotatable bonds is 6. The van der Waals surface area contributed by atoms with Gasteiger partial charge in [0.25, 0.3) is 11.6 Å². The number of aromatic nitrogens is 2. The number of hydrogen-bond acceptors (Lipinski definition) is 9. The predicted octanol–water partition coefficient (Wildman–Crippen LogP) is 2.59. The van der Waals surface area contributed by atoms with Crippen molar-refractivity contribution in [3.63, 3.8) is 0 Å². The number of esters is 1. The van der Waals surface area contributed by atoms with E-state index in [-0.39, 0.29) is 29.4 Å². The van der Waals surface area contributed by atoms with Crippen LogP contribution in [0.1, 0.15) is 16.2 Å². The first-order valence-electron chi connectivity index (χ1n) is 7.66. The summed E-state index contributed by atoms with van der Waals surface area (Å²) in [5.74, 6) is 0.239. The van der Waals surface area contributed by atoms with Crippen molar-refractivity contribution in [1.82, 2.24) is 10.1 Å². The Morgan fingerprint density at radius 2 is 2.11 bits per heavy atom. The van der Waals surface area contributed by atoms with Crippen LogP contribution in [0.3, 0.4) is 0 Å². The molecule has 0 fully saturated rings.